The predicted molar refractivity (Wildman–Crippen MR) is 91.7 cm³/mol. The molecule has 0 heterocycles. The van der Waals surface area contributed by atoms with Crippen molar-refractivity contribution in [3.63, 3.8) is 0 Å². The Balaban J connectivity index is 3.19. The van der Waals surface area contributed by atoms with Gasteiger partial charge in [0.1, 0.15) is 11.5 Å². The number of rotatable bonds is 16. The summed E-state index contributed by atoms with van der Waals surface area (Å²) >= 11 is 0. The van der Waals surface area contributed by atoms with Crippen LogP contribution in [-0.2, 0) is 14.9 Å². The standard InChI is InChI=1S/C17H34O4S/c1-2-3-4-5-6-7-8-9-10-11-12-13-14-15-17(18)16-22(19,20)21/h2-16H2,1H3,(H,19,20,21). The van der Waals surface area contributed by atoms with Gasteiger partial charge in [-0.15, -0.1) is 0 Å². The van der Waals surface area contributed by atoms with Crippen LogP contribution in [0.2, 0.25) is 0 Å². The third kappa shape index (κ3) is 17.6. The molecule has 0 rings (SSSR count). The van der Waals surface area contributed by atoms with E-state index < -0.39 is 15.9 Å². The first kappa shape index (κ1) is 21.6. The molecule has 0 fully saturated rings. The summed E-state index contributed by atoms with van der Waals surface area (Å²) in [5, 5.41) is 0. The van der Waals surface area contributed by atoms with Gasteiger partial charge in [0, 0.05) is 6.42 Å². The minimum atomic E-state index is -4.14. The van der Waals surface area contributed by atoms with Gasteiger partial charge in [-0.25, -0.2) is 0 Å². The van der Waals surface area contributed by atoms with Crippen LogP contribution in [-0.4, -0.2) is 24.5 Å². The van der Waals surface area contributed by atoms with Crippen molar-refractivity contribution in [1.82, 2.24) is 0 Å². The van der Waals surface area contributed by atoms with Crippen LogP contribution in [0.5, 0.6) is 0 Å². The molecule has 0 saturated heterocycles. The molecule has 0 aliphatic carbocycles. The van der Waals surface area contributed by atoms with Crippen LogP contribution >= 0.6 is 0 Å². The zero-order valence-electron chi connectivity index (χ0n) is 14.2. The summed E-state index contributed by atoms with van der Waals surface area (Å²) in [5.74, 6) is -1.11. The number of unbranched alkanes of at least 4 members (excludes halogenated alkanes) is 12. The molecule has 0 atom stereocenters. The van der Waals surface area contributed by atoms with E-state index in [0.717, 1.165) is 19.3 Å². The molecule has 0 spiro atoms. The van der Waals surface area contributed by atoms with Crippen molar-refractivity contribution in [2.24, 2.45) is 0 Å². The van der Waals surface area contributed by atoms with Crippen LogP contribution in [0.3, 0.4) is 0 Å². The van der Waals surface area contributed by atoms with Crippen molar-refractivity contribution in [2.75, 3.05) is 5.75 Å². The Bertz CT molecular complexity index is 363. The molecular weight excluding hydrogens is 300 g/mol. The maximum absolute atomic E-state index is 11.2. The highest BCUT2D eigenvalue weighted by atomic mass is 32.2. The van der Waals surface area contributed by atoms with Crippen LogP contribution in [0.25, 0.3) is 0 Å². The molecule has 0 amide bonds. The second-order valence-electron chi connectivity index (χ2n) is 6.26. The monoisotopic (exact) mass is 334 g/mol. The molecule has 1 N–H and O–H groups in total. The van der Waals surface area contributed by atoms with Crippen molar-refractivity contribution < 1.29 is 17.8 Å². The highest BCUT2D eigenvalue weighted by Gasteiger charge is 2.11. The fourth-order valence-corrected chi connectivity index (χ4v) is 3.17. The number of Topliss-reactive ketones (excluding diaryl/α,β-unsaturated/α-hetero) is 1. The quantitative estimate of drug-likeness (QED) is 0.321. The highest BCUT2D eigenvalue weighted by molar-refractivity contribution is 7.86. The number of hydrogen-bond donors (Lipinski definition) is 1. The van der Waals surface area contributed by atoms with Gasteiger partial charge in [-0.2, -0.15) is 8.42 Å². The van der Waals surface area contributed by atoms with Gasteiger partial charge in [0.2, 0.25) is 0 Å². The van der Waals surface area contributed by atoms with E-state index in [0.29, 0.717) is 0 Å². The molecule has 0 aromatic carbocycles. The Labute approximate surface area is 136 Å². The lowest BCUT2D eigenvalue weighted by Crippen LogP contribution is -2.14. The first-order valence-corrected chi connectivity index (χ1v) is 10.5. The van der Waals surface area contributed by atoms with E-state index in [4.69, 9.17) is 4.55 Å². The third-order valence-electron chi connectivity index (χ3n) is 3.90. The van der Waals surface area contributed by atoms with Gasteiger partial charge >= 0.3 is 0 Å². The van der Waals surface area contributed by atoms with E-state index in [9.17, 15) is 13.2 Å². The van der Waals surface area contributed by atoms with E-state index in [1.54, 1.807) is 0 Å². The zero-order valence-corrected chi connectivity index (χ0v) is 15.0. The van der Waals surface area contributed by atoms with Gasteiger partial charge in [-0.1, -0.05) is 84.0 Å². The van der Waals surface area contributed by atoms with Gasteiger partial charge < -0.3 is 0 Å². The van der Waals surface area contributed by atoms with E-state index in [2.05, 4.69) is 6.92 Å². The van der Waals surface area contributed by atoms with Crippen LogP contribution in [0, 0.1) is 0 Å². The van der Waals surface area contributed by atoms with Crippen LogP contribution < -0.4 is 0 Å². The minimum absolute atomic E-state index is 0.261. The van der Waals surface area contributed by atoms with Gasteiger partial charge in [-0.05, 0) is 6.42 Å². The smallest absolute Gasteiger partial charge is 0.272 e. The van der Waals surface area contributed by atoms with Gasteiger partial charge in [0.05, 0.1) is 0 Å². The number of ketones is 1. The van der Waals surface area contributed by atoms with Crippen molar-refractivity contribution >= 4 is 15.9 Å². The summed E-state index contributed by atoms with van der Waals surface area (Å²) in [6, 6.07) is 0. The van der Waals surface area contributed by atoms with Gasteiger partial charge in [0.15, 0.2) is 0 Å². The lowest BCUT2D eigenvalue weighted by Gasteiger charge is -2.03. The number of carbonyl (C=O) groups excluding carboxylic acids is 1. The molecular formula is C17H34O4S. The molecule has 0 aliphatic rings. The highest BCUT2D eigenvalue weighted by Crippen LogP contribution is 2.13. The second-order valence-corrected chi connectivity index (χ2v) is 7.71. The van der Waals surface area contributed by atoms with Crippen molar-refractivity contribution in [3.05, 3.63) is 0 Å². The van der Waals surface area contributed by atoms with Gasteiger partial charge in [0.25, 0.3) is 10.1 Å². The Hall–Kier alpha value is -0.420. The summed E-state index contributed by atoms with van der Waals surface area (Å²) in [7, 11) is -4.14. The van der Waals surface area contributed by atoms with Gasteiger partial charge in [-0.3, -0.25) is 9.35 Å². The molecule has 0 radical (unpaired) electrons. The van der Waals surface area contributed by atoms with E-state index in [1.165, 1.54) is 64.2 Å². The van der Waals surface area contributed by atoms with E-state index in [-0.39, 0.29) is 12.2 Å². The first-order chi connectivity index (χ1) is 10.5. The van der Waals surface area contributed by atoms with Crippen molar-refractivity contribution in [1.29, 1.82) is 0 Å². The zero-order chi connectivity index (χ0) is 16.7. The molecule has 4 nitrogen and oxygen atoms in total. The van der Waals surface area contributed by atoms with E-state index >= 15 is 0 Å². The first-order valence-electron chi connectivity index (χ1n) is 8.92. The Morgan fingerprint density at radius 2 is 1.09 bits per heavy atom. The summed E-state index contributed by atoms with van der Waals surface area (Å²) in [6.07, 6.45) is 16.3. The largest absolute Gasteiger partial charge is 0.298 e. The van der Waals surface area contributed by atoms with E-state index in [1.807, 2.05) is 0 Å². The molecule has 0 aromatic rings. The van der Waals surface area contributed by atoms with Crippen LogP contribution in [0.4, 0.5) is 0 Å². The Morgan fingerprint density at radius 3 is 1.45 bits per heavy atom. The molecule has 0 aromatic heterocycles. The molecule has 0 saturated carbocycles. The fraction of sp³-hybridized carbons (Fsp3) is 0.941. The molecule has 22 heavy (non-hydrogen) atoms. The average molecular weight is 335 g/mol. The third-order valence-corrected chi connectivity index (χ3v) is 4.59. The lowest BCUT2D eigenvalue weighted by molar-refractivity contribution is -0.116. The molecule has 0 aliphatic heterocycles. The van der Waals surface area contributed by atoms with Crippen molar-refractivity contribution in [3.8, 4) is 0 Å². The lowest BCUT2D eigenvalue weighted by atomic mass is 10.0. The SMILES string of the molecule is CCCCCCCCCCCCCCCC(=O)CS(=O)(=O)O. The summed E-state index contributed by atoms with van der Waals surface area (Å²) < 4.78 is 29.6. The average Bonchev–Trinajstić information content (AvgIpc) is 2.42. The van der Waals surface area contributed by atoms with Crippen molar-refractivity contribution in [2.45, 2.75) is 96.8 Å². The maximum Gasteiger partial charge on any atom is 0.272 e. The number of carbonyl (C=O) groups is 1. The minimum Gasteiger partial charge on any atom is -0.298 e. The molecule has 5 heteroatoms. The summed E-state index contributed by atoms with van der Waals surface area (Å²) in [5.41, 5.74) is 0. The maximum atomic E-state index is 11.2. The topological polar surface area (TPSA) is 71.4 Å². The molecule has 0 unspecified atom stereocenters. The molecule has 132 valence electrons. The van der Waals surface area contributed by atoms with Crippen LogP contribution in [0.15, 0.2) is 0 Å². The Morgan fingerprint density at radius 1 is 0.727 bits per heavy atom. The normalized spacial score (nSPS) is 11.7. The second kappa shape index (κ2) is 14.2. The summed E-state index contributed by atoms with van der Waals surface area (Å²) in [6.45, 7) is 2.24. The number of hydrogen-bond acceptors (Lipinski definition) is 3. The predicted octanol–water partition coefficient (Wildman–Crippen LogP) is 4.92. The summed E-state index contributed by atoms with van der Waals surface area (Å²) in [4.78, 5) is 11.2. The molecule has 0 bridgehead atoms. The Kier molecular flexibility index (Phi) is 13.9. The fourth-order valence-electron chi connectivity index (χ4n) is 2.62. The van der Waals surface area contributed by atoms with Crippen LogP contribution in [0.1, 0.15) is 96.8 Å².